The van der Waals surface area contributed by atoms with Crippen LogP contribution in [0, 0.1) is 6.92 Å². The third-order valence-electron chi connectivity index (χ3n) is 3.95. The first-order chi connectivity index (χ1) is 12.6. The molecule has 0 saturated heterocycles. The largest absolute Gasteiger partial charge is 0.495 e. The van der Waals surface area contributed by atoms with E-state index in [1.165, 1.54) is 0 Å². The second kappa shape index (κ2) is 7.74. The van der Waals surface area contributed by atoms with Crippen molar-refractivity contribution in [1.82, 2.24) is 10.3 Å². The fraction of sp³-hybridized carbons (Fsp3) is 0.200. The molecule has 0 radical (unpaired) electrons. The zero-order valence-corrected chi connectivity index (χ0v) is 14.9. The quantitative estimate of drug-likeness (QED) is 0.695. The van der Waals surface area contributed by atoms with E-state index in [1.807, 2.05) is 50.2 Å². The highest BCUT2D eigenvalue weighted by molar-refractivity contribution is 5.99. The van der Waals surface area contributed by atoms with Crippen LogP contribution in [0.15, 0.2) is 59.1 Å². The Balaban J connectivity index is 1.81. The number of carbonyl (C=O) groups is 1. The second-order valence-corrected chi connectivity index (χ2v) is 5.87. The Morgan fingerprint density at radius 2 is 1.96 bits per heavy atom. The molecule has 1 unspecified atom stereocenters. The lowest BCUT2D eigenvalue weighted by molar-refractivity contribution is 0.0935. The summed E-state index contributed by atoms with van der Waals surface area (Å²) in [5, 5.41) is 6.11. The van der Waals surface area contributed by atoms with Crippen LogP contribution in [0.25, 0.3) is 0 Å². The number of anilines is 2. The Bertz CT molecular complexity index is 905. The molecule has 1 aromatic carbocycles. The van der Waals surface area contributed by atoms with Crippen molar-refractivity contribution in [2.45, 2.75) is 19.9 Å². The smallest absolute Gasteiger partial charge is 0.255 e. The molecule has 134 valence electrons. The summed E-state index contributed by atoms with van der Waals surface area (Å²) in [7, 11) is 1.60. The molecule has 2 heterocycles. The maximum absolute atomic E-state index is 12.7. The Morgan fingerprint density at radius 1 is 1.15 bits per heavy atom. The number of hydrogen-bond acceptors (Lipinski definition) is 5. The van der Waals surface area contributed by atoms with E-state index in [0.717, 1.165) is 11.4 Å². The minimum Gasteiger partial charge on any atom is -0.495 e. The summed E-state index contributed by atoms with van der Waals surface area (Å²) in [6.45, 7) is 3.74. The maximum atomic E-state index is 12.7. The van der Waals surface area contributed by atoms with E-state index in [4.69, 9.17) is 9.15 Å². The molecule has 1 amide bonds. The standard InChI is InChI=1S/C20H21N3O3/c1-13-10-11-17(26-13)14(2)22-20(24)15-7-6-12-21-19(15)23-16-8-4-5-9-18(16)25-3/h4-12,14H,1-3H3,(H,21,23)(H,22,24). The summed E-state index contributed by atoms with van der Waals surface area (Å²) in [4.78, 5) is 17.0. The molecule has 0 fully saturated rings. The van der Waals surface area contributed by atoms with Crippen molar-refractivity contribution in [2.75, 3.05) is 12.4 Å². The number of nitrogens with zero attached hydrogens (tertiary/aromatic N) is 1. The van der Waals surface area contributed by atoms with Gasteiger partial charge in [0.25, 0.3) is 5.91 Å². The number of nitrogens with one attached hydrogen (secondary N) is 2. The van der Waals surface area contributed by atoms with Gasteiger partial charge in [0.1, 0.15) is 23.1 Å². The lowest BCUT2D eigenvalue weighted by atomic mass is 10.2. The van der Waals surface area contributed by atoms with Crippen LogP contribution in [0.5, 0.6) is 5.75 Å². The van der Waals surface area contributed by atoms with Gasteiger partial charge in [-0.1, -0.05) is 12.1 Å². The third kappa shape index (κ3) is 3.85. The topological polar surface area (TPSA) is 76.4 Å². The van der Waals surface area contributed by atoms with Crippen LogP contribution in [0.4, 0.5) is 11.5 Å². The zero-order valence-electron chi connectivity index (χ0n) is 14.9. The van der Waals surface area contributed by atoms with Gasteiger partial charge in [0.2, 0.25) is 0 Å². The molecule has 26 heavy (non-hydrogen) atoms. The highest BCUT2D eigenvalue weighted by Gasteiger charge is 2.18. The molecular weight excluding hydrogens is 330 g/mol. The number of aromatic nitrogens is 1. The molecule has 0 aliphatic rings. The number of pyridine rings is 1. The average Bonchev–Trinajstić information content (AvgIpc) is 3.09. The van der Waals surface area contributed by atoms with Gasteiger partial charge in [-0.15, -0.1) is 0 Å². The highest BCUT2D eigenvalue weighted by Crippen LogP contribution is 2.27. The van der Waals surface area contributed by atoms with E-state index in [2.05, 4.69) is 15.6 Å². The van der Waals surface area contributed by atoms with Crippen molar-refractivity contribution in [3.8, 4) is 5.75 Å². The van der Waals surface area contributed by atoms with Crippen LogP contribution in [-0.4, -0.2) is 18.0 Å². The number of para-hydroxylation sites is 2. The fourth-order valence-electron chi connectivity index (χ4n) is 2.60. The normalized spacial score (nSPS) is 11.7. The summed E-state index contributed by atoms with van der Waals surface area (Å²) < 4.78 is 10.9. The SMILES string of the molecule is COc1ccccc1Nc1ncccc1C(=O)NC(C)c1ccc(C)o1. The van der Waals surface area contributed by atoms with Crippen LogP contribution in [-0.2, 0) is 0 Å². The van der Waals surface area contributed by atoms with Gasteiger partial charge < -0.3 is 19.8 Å². The second-order valence-electron chi connectivity index (χ2n) is 5.87. The van der Waals surface area contributed by atoms with Crippen molar-refractivity contribution < 1.29 is 13.9 Å². The first-order valence-corrected chi connectivity index (χ1v) is 8.30. The van der Waals surface area contributed by atoms with Gasteiger partial charge in [0.15, 0.2) is 0 Å². The fourth-order valence-corrected chi connectivity index (χ4v) is 2.60. The number of hydrogen-bond donors (Lipinski definition) is 2. The van der Waals surface area contributed by atoms with Gasteiger partial charge >= 0.3 is 0 Å². The Kier molecular flexibility index (Phi) is 5.22. The van der Waals surface area contributed by atoms with E-state index in [-0.39, 0.29) is 11.9 Å². The number of benzene rings is 1. The predicted molar refractivity (Wildman–Crippen MR) is 99.8 cm³/mol. The summed E-state index contributed by atoms with van der Waals surface area (Å²) >= 11 is 0. The number of methoxy groups -OCH3 is 1. The summed E-state index contributed by atoms with van der Waals surface area (Å²) in [6, 6.07) is 14.4. The van der Waals surface area contributed by atoms with E-state index in [0.29, 0.717) is 22.9 Å². The number of amides is 1. The van der Waals surface area contributed by atoms with Gasteiger partial charge in [-0.2, -0.15) is 0 Å². The number of aryl methyl sites for hydroxylation is 1. The molecule has 0 spiro atoms. The van der Waals surface area contributed by atoms with Crippen LogP contribution in [0.2, 0.25) is 0 Å². The molecule has 3 aromatic rings. The number of carbonyl (C=O) groups excluding carboxylic acids is 1. The summed E-state index contributed by atoms with van der Waals surface area (Å²) in [5.74, 6) is 2.40. The monoisotopic (exact) mass is 351 g/mol. The number of ether oxygens (including phenoxy) is 1. The van der Waals surface area contributed by atoms with E-state index >= 15 is 0 Å². The molecule has 2 aromatic heterocycles. The van der Waals surface area contributed by atoms with Crippen molar-refractivity contribution in [1.29, 1.82) is 0 Å². The van der Waals surface area contributed by atoms with Gasteiger partial charge in [-0.25, -0.2) is 4.98 Å². The Hall–Kier alpha value is -3.28. The average molecular weight is 351 g/mol. The van der Waals surface area contributed by atoms with Crippen LogP contribution >= 0.6 is 0 Å². The minimum absolute atomic E-state index is 0.239. The van der Waals surface area contributed by atoms with E-state index in [1.54, 1.807) is 25.4 Å². The zero-order chi connectivity index (χ0) is 18.5. The number of furan rings is 1. The molecule has 6 heteroatoms. The first-order valence-electron chi connectivity index (χ1n) is 8.30. The molecule has 0 aliphatic carbocycles. The summed E-state index contributed by atoms with van der Waals surface area (Å²) in [5.41, 5.74) is 1.17. The van der Waals surface area contributed by atoms with E-state index < -0.39 is 0 Å². The van der Waals surface area contributed by atoms with Gasteiger partial charge in [0.05, 0.1) is 24.4 Å². The van der Waals surface area contributed by atoms with Gasteiger partial charge in [-0.05, 0) is 50.2 Å². The lowest BCUT2D eigenvalue weighted by Crippen LogP contribution is -2.27. The molecule has 1 atom stereocenters. The van der Waals surface area contributed by atoms with Gasteiger partial charge in [0, 0.05) is 6.20 Å². The minimum atomic E-state index is -0.254. The van der Waals surface area contributed by atoms with E-state index in [9.17, 15) is 4.79 Å². The molecule has 0 saturated carbocycles. The molecule has 0 aliphatic heterocycles. The van der Waals surface area contributed by atoms with Crippen molar-refractivity contribution in [3.63, 3.8) is 0 Å². The third-order valence-corrected chi connectivity index (χ3v) is 3.95. The molecular formula is C20H21N3O3. The molecule has 6 nitrogen and oxygen atoms in total. The van der Waals surface area contributed by atoms with Gasteiger partial charge in [-0.3, -0.25) is 4.79 Å². The van der Waals surface area contributed by atoms with Crippen LogP contribution < -0.4 is 15.4 Å². The van der Waals surface area contributed by atoms with Crippen LogP contribution in [0.3, 0.4) is 0 Å². The van der Waals surface area contributed by atoms with Crippen molar-refractivity contribution >= 4 is 17.4 Å². The molecule has 0 bridgehead atoms. The molecule has 2 N–H and O–H groups in total. The predicted octanol–water partition coefficient (Wildman–Crippen LogP) is 4.23. The Morgan fingerprint density at radius 3 is 2.69 bits per heavy atom. The number of rotatable bonds is 6. The highest BCUT2D eigenvalue weighted by atomic mass is 16.5. The molecule has 3 rings (SSSR count). The lowest BCUT2D eigenvalue weighted by Gasteiger charge is -2.15. The first kappa shape index (κ1) is 17.5. The summed E-state index contributed by atoms with van der Waals surface area (Å²) in [6.07, 6.45) is 1.63. The Labute approximate surface area is 152 Å². The van der Waals surface area contributed by atoms with Crippen LogP contribution in [0.1, 0.15) is 34.8 Å². The van der Waals surface area contributed by atoms with Crippen molar-refractivity contribution in [2.24, 2.45) is 0 Å². The van der Waals surface area contributed by atoms with Crippen molar-refractivity contribution in [3.05, 3.63) is 71.8 Å². The maximum Gasteiger partial charge on any atom is 0.255 e.